The van der Waals surface area contributed by atoms with Crippen molar-refractivity contribution >= 4 is 0 Å². The van der Waals surface area contributed by atoms with Crippen molar-refractivity contribution in [3.8, 4) is 0 Å². The van der Waals surface area contributed by atoms with Crippen LogP contribution in [0.25, 0.3) is 0 Å². The molecule has 2 heteroatoms. The van der Waals surface area contributed by atoms with Crippen molar-refractivity contribution in [3.05, 3.63) is 35.9 Å². The molecule has 0 saturated carbocycles. The molecule has 1 aliphatic rings. The third-order valence-electron chi connectivity index (χ3n) is 4.20. The number of nitrogens with one attached hydrogen (secondary N) is 1. The summed E-state index contributed by atoms with van der Waals surface area (Å²) in [4.78, 5) is 2.67. The zero-order valence-corrected chi connectivity index (χ0v) is 13.1. The van der Waals surface area contributed by atoms with E-state index < -0.39 is 0 Å². The third kappa shape index (κ3) is 5.64. The molecule has 112 valence electrons. The van der Waals surface area contributed by atoms with E-state index in [0.29, 0.717) is 6.04 Å². The lowest BCUT2D eigenvalue weighted by atomic mass is 9.97. The first-order chi connectivity index (χ1) is 9.74. The van der Waals surface area contributed by atoms with Crippen molar-refractivity contribution in [1.29, 1.82) is 0 Å². The van der Waals surface area contributed by atoms with Gasteiger partial charge in [0.25, 0.3) is 0 Å². The lowest BCUT2D eigenvalue weighted by Crippen LogP contribution is -2.41. The van der Waals surface area contributed by atoms with Crippen LogP contribution in [-0.2, 0) is 6.42 Å². The first kappa shape index (κ1) is 15.5. The van der Waals surface area contributed by atoms with Crippen LogP contribution in [0.5, 0.6) is 0 Å². The molecular formula is C18H30N2. The monoisotopic (exact) mass is 274 g/mol. The number of piperidine rings is 1. The second-order valence-electron chi connectivity index (χ2n) is 6.46. The van der Waals surface area contributed by atoms with Crippen LogP contribution in [0.3, 0.4) is 0 Å². The smallest absolute Gasteiger partial charge is 0.00218 e. The Hall–Kier alpha value is -0.860. The van der Waals surface area contributed by atoms with E-state index in [2.05, 4.69) is 54.4 Å². The van der Waals surface area contributed by atoms with Gasteiger partial charge in [-0.1, -0.05) is 44.2 Å². The molecule has 1 atom stereocenters. The van der Waals surface area contributed by atoms with Gasteiger partial charge in [0.05, 0.1) is 0 Å². The van der Waals surface area contributed by atoms with Gasteiger partial charge in [-0.3, -0.25) is 0 Å². The maximum Gasteiger partial charge on any atom is 0.00218 e. The standard InChI is InChI=1S/C18H30N2/c1-16(2)19-14-18-11-7-13-20(15-18)12-6-10-17-8-4-3-5-9-17/h3-5,8-9,16,18-19H,6-7,10-15H2,1-2H3. The molecule has 20 heavy (non-hydrogen) atoms. The van der Waals surface area contributed by atoms with Gasteiger partial charge in [-0.15, -0.1) is 0 Å². The quantitative estimate of drug-likeness (QED) is 0.820. The lowest BCUT2D eigenvalue weighted by Gasteiger charge is -2.33. The fraction of sp³-hybridized carbons (Fsp3) is 0.667. The summed E-state index contributed by atoms with van der Waals surface area (Å²) in [7, 11) is 0. The highest BCUT2D eigenvalue weighted by Crippen LogP contribution is 2.16. The Morgan fingerprint density at radius 2 is 2.05 bits per heavy atom. The molecule has 1 unspecified atom stereocenters. The minimum absolute atomic E-state index is 0.614. The summed E-state index contributed by atoms with van der Waals surface area (Å²) < 4.78 is 0. The van der Waals surface area contributed by atoms with Gasteiger partial charge >= 0.3 is 0 Å². The van der Waals surface area contributed by atoms with Crippen LogP contribution < -0.4 is 5.32 Å². The van der Waals surface area contributed by atoms with E-state index in [-0.39, 0.29) is 0 Å². The zero-order chi connectivity index (χ0) is 14.2. The number of likely N-dealkylation sites (tertiary alicyclic amines) is 1. The number of hydrogen-bond donors (Lipinski definition) is 1. The van der Waals surface area contributed by atoms with Gasteiger partial charge in [-0.2, -0.15) is 0 Å². The summed E-state index contributed by atoms with van der Waals surface area (Å²) in [5.41, 5.74) is 1.47. The molecule has 0 aromatic heterocycles. The topological polar surface area (TPSA) is 15.3 Å². The van der Waals surface area contributed by atoms with Crippen LogP contribution in [0.15, 0.2) is 30.3 Å². The Morgan fingerprint density at radius 3 is 2.80 bits per heavy atom. The molecule has 0 radical (unpaired) electrons. The molecule has 0 aliphatic carbocycles. The van der Waals surface area contributed by atoms with E-state index in [1.54, 1.807) is 0 Å². The molecule has 1 aromatic rings. The van der Waals surface area contributed by atoms with Crippen molar-refractivity contribution in [3.63, 3.8) is 0 Å². The molecule has 1 saturated heterocycles. The van der Waals surface area contributed by atoms with Gasteiger partial charge in [0, 0.05) is 12.6 Å². The molecular weight excluding hydrogens is 244 g/mol. The summed E-state index contributed by atoms with van der Waals surface area (Å²) >= 11 is 0. The maximum atomic E-state index is 3.59. The fourth-order valence-electron chi connectivity index (χ4n) is 3.07. The molecule has 0 bridgehead atoms. The highest BCUT2D eigenvalue weighted by atomic mass is 15.1. The van der Waals surface area contributed by atoms with E-state index in [1.807, 2.05) is 0 Å². The minimum atomic E-state index is 0.614. The number of aryl methyl sites for hydroxylation is 1. The Kier molecular flexibility index (Phi) is 6.55. The molecule has 0 amide bonds. The minimum Gasteiger partial charge on any atom is -0.314 e. The second kappa shape index (κ2) is 8.43. The van der Waals surface area contributed by atoms with Crippen LogP contribution in [0.4, 0.5) is 0 Å². The zero-order valence-electron chi connectivity index (χ0n) is 13.1. The molecule has 1 aromatic carbocycles. The molecule has 2 nitrogen and oxygen atoms in total. The molecule has 2 rings (SSSR count). The number of rotatable bonds is 7. The van der Waals surface area contributed by atoms with E-state index in [1.165, 1.54) is 57.4 Å². The Morgan fingerprint density at radius 1 is 1.25 bits per heavy atom. The van der Waals surface area contributed by atoms with Gasteiger partial charge in [0.1, 0.15) is 0 Å². The van der Waals surface area contributed by atoms with Gasteiger partial charge in [-0.05, 0) is 56.8 Å². The van der Waals surface area contributed by atoms with Crippen LogP contribution in [0.2, 0.25) is 0 Å². The van der Waals surface area contributed by atoms with Gasteiger partial charge < -0.3 is 10.2 Å². The van der Waals surface area contributed by atoms with E-state index in [4.69, 9.17) is 0 Å². The highest BCUT2D eigenvalue weighted by molar-refractivity contribution is 5.14. The number of nitrogens with zero attached hydrogens (tertiary/aromatic N) is 1. The summed E-state index contributed by atoms with van der Waals surface area (Å²) in [6, 6.07) is 11.5. The van der Waals surface area contributed by atoms with Crippen molar-refractivity contribution in [2.24, 2.45) is 5.92 Å². The van der Waals surface area contributed by atoms with Crippen LogP contribution in [0, 0.1) is 5.92 Å². The number of benzene rings is 1. The predicted molar refractivity (Wildman–Crippen MR) is 87.1 cm³/mol. The van der Waals surface area contributed by atoms with Gasteiger partial charge in [0.15, 0.2) is 0 Å². The van der Waals surface area contributed by atoms with E-state index >= 15 is 0 Å². The van der Waals surface area contributed by atoms with Crippen LogP contribution >= 0.6 is 0 Å². The van der Waals surface area contributed by atoms with E-state index in [9.17, 15) is 0 Å². The normalized spacial score (nSPS) is 20.4. The second-order valence-corrected chi connectivity index (χ2v) is 6.46. The number of hydrogen-bond acceptors (Lipinski definition) is 2. The first-order valence-electron chi connectivity index (χ1n) is 8.23. The maximum absolute atomic E-state index is 3.59. The summed E-state index contributed by atoms with van der Waals surface area (Å²) in [6.07, 6.45) is 5.27. The van der Waals surface area contributed by atoms with Crippen molar-refractivity contribution in [2.45, 2.75) is 45.6 Å². The molecule has 1 fully saturated rings. The molecule has 1 aliphatic heterocycles. The Bertz CT molecular complexity index is 361. The predicted octanol–water partition coefficient (Wildman–Crippen LogP) is 3.33. The lowest BCUT2D eigenvalue weighted by molar-refractivity contribution is 0.169. The van der Waals surface area contributed by atoms with Crippen molar-refractivity contribution < 1.29 is 0 Å². The molecule has 0 spiro atoms. The highest BCUT2D eigenvalue weighted by Gasteiger charge is 2.19. The SMILES string of the molecule is CC(C)NCC1CCCN(CCCc2ccccc2)C1. The van der Waals surface area contributed by atoms with E-state index in [0.717, 1.165) is 5.92 Å². The summed E-state index contributed by atoms with van der Waals surface area (Å²) in [5.74, 6) is 0.850. The van der Waals surface area contributed by atoms with Gasteiger partial charge in [0.2, 0.25) is 0 Å². The Labute approximate surface area is 124 Å². The van der Waals surface area contributed by atoms with Crippen LogP contribution in [-0.4, -0.2) is 37.1 Å². The van der Waals surface area contributed by atoms with Crippen LogP contribution in [0.1, 0.15) is 38.7 Å². The third-order valence-corrected chi connectivity index (χ3v) is 4.20. The average molecular weight is 274 g/mol. The average Bonchev–Trinajstić information content (AvgIpc) is 2.47. The largest absolute Gasteiger partial charge is 0.314 e. The Balaban J connectivity index is 1.65. The summed E-state index contributed by atoms with van der Waals surface area (Å²) in [6.45, 7) is 9.50. The molecule has 1 heterocycles. The summed E-state index contributed by atoms with van der Waals surface area (Å²) in [5, 5.41) is 3.59. The molecule has 1 N–H and O–H groups in total. The first-order valence-corrected chi connectivity index (χ1v) is 8.23. The van der Waals surface area contributed by atoms with Crippen molar-refractivity contribution in [2.75, 3.05) is 26.2 Å². The fourth-order valence-corrected chi connectivity index (χ4v) is 3.07. The van der Waals surface area contributed by atoms with Crippen molar-refractivity contribution in [1.82, 2.24) is 10.2 Å². The van der Waals surface area contributed by atoms with Gasteiger partial charge in [-0.25, -0.2) is 0 Å².